The summed E-state index contributed by atoms with van der Waals surface area (Å²) in [5.41, 5.74) is 0. The summed E-state index contributed by atoms with van der Waals surface area (Å²) in [6, 6.07) is 0. The molecular weight excluding hydrogens is 822 g/mol. The largest absolute Gasteiger partial charge is 0.756 e. The van der Waals surface area contributed by atoms with Gasteiger partial charge in [-0.3, -0.25) is 14.2 Å². The number of carbonyl (C=O) groups is 2. The third-order valence-corrected chi connectivity index (χ3v) is 10.4. The normalized spacial score (nSPS) is 14.5. The average molecular weight is 910 g/mol. The molecule has 2 unspecified atom stereocenters. The van der Waals surface area contributed by atoms with Gasteiger partial charge in [-0.2, -0.15) is 0 Å². The van der Waals surface area contributed by atoms with Crippen molar-refractivity contribution in [2.45, 2.75) is 161 Å². The Balaban J connectivity index is 4.41. The van der Waals surface area contributed by atoms with Gasteiger partial charge in [-0.15, -0.1) is 0 Å². The lowest BCUT2D eigenvalue weighted by Gasteiger charge is -2.28. The minimum Gasteiger partial charge on any atom is -0.756 e. The third-order valence-electron chi connectivity index (χ3n) is 9.48. The predicted molar refractivity (Wildman–Crippen MR) is 268 cm³/mol. The van der Waals surface area contributed by atoms with Crippen LogP contribution in [0.15, 0.2) is 122 Å². The summed E-state index contributed by atoms with van der Waals surface area (Å²) in [7, 11) is 1.11. The lowest BCUT2D eigenvalue weighted by atomic mass is 10.1. The van der Waals surface area contributed by atoms with Crippen LogP contribution in [0, 0.1) is 0 Å². The summed E-state index contributed by atoms with van der Waals surface area (Å²) in [4.78, 5) is 37.6. The van der Waals surface area contributed by atoms with Crippen LogP contribution in [-0.2, 0) is 32.7 Å². The van der Waals surface area contributed by atoms with E-state index in [1.54, 1.807) is 0 Å². The number of allylic oxidation sites excluding steroid dienone is 20. The van der Waals surface area contributed by atoms with Crippen LogP contribution < -0.4 is 4.89 Å². The number of quaternary nitrogens is 1. The second-order valence-corrected chi connectivity index (χ2v) is 18.1. The molecule has 0 aliphatic rings. The number of phosphoric acid groups is 1. The molecule has 2 atom stereocenters. The lowest BCUT2D eigenvalue weighted by molar-refractivity contribution is -0.870. The Kier molecular flexibility index (Phi) is 42.1. The van der Waals surface area contributed by atoms with Gasteiger partial charge < -0.3 is 27.9 Å². The SMILES string of the molecule is CC/C=C\C/C=C\C/C=C\C/C=C\C/C=C\C/C=C\C/C=C\CCCCCC(=O)OC(COC(=O)CCCCCCC/C=C\C/C=C\C/C=C\CC)COP(=O)([O-])OCC[N+](C)(C)C. The van der Waals surface area contributed by atoms with E-state index in [0.29, 0.717) is 23.9 Å². The summed E-state index contributed by atoms with van der Waals surface area (Å²) < 4.78 is 33.9. The number of hydrogen-bond acceptors (Lipinski definition) is 8. The van der Waals surface area contributed by atoms with Crippen LogP contribution in [0.1, 0.15) is 155 Å². The molecule has 0 spiro atoms. The van der Waals surface area contributed by atoms with Crippen molar-refractivity contribution >= 4 is 19.8 Å². The number of likely N-dealkylation sites (N-methyl/N-ethyl adjacent to an activating group) is 1. The zero-order valence-electron chi connectivity index (χ0n) is 40.7. The van der Waals surface area contributed by atoms with Crippen molar-refractivity contribution in [3.8, 4) is 0 Å². The first kappa shape index (κ1) is 60.4. The van der Waals surface area contributed by atoms with Crippen molar-refractivity contribution in [1.82, 2.24) is 0 Å². The van der Waals surface area contributed by atoms with Crippen LogP contribution in [-0.4, -0.2) is 70.0 Å². The Morgan fingerprint density at radius 2 is 0.844 bits per heavy atom. The Bertz CT molecular complexity index is 1490. The summed E-state index contributed by atoms with van der Waals surface area (Å²) in [6.45, 7) is 3.91. The molecule has 0 aromatic rings. The van der Waals surface area contributed by atoms with Gasteiger partial charge in [0, 0.05) is 12.8 Å². The van der Waals surface area contributed by atoms with E-state index in [4.69, 9.17) is 18.5 Å². The molecule has 0 fully saturated rings. The maximum atomic E-state index is 12.7. The number of nitrogens with zero attached hydrogens (tertiary/aromatic N) is 1. The van der Waals surface area contributed by atoms with Crippen molar-refractivity contribution in [2.24, 2.45) is 0 Å². The van der Waals surface area contributed by atoms with Crippen molar-refractivity contribution in [2.75, 3.05) is 47.5 Å². The molecule has 0 amide bonds. The molecule has 0 radical (unpaired) electrons. The van der Waals surface area contributed by atoms with Crippen LogP contribution in [0.5, 0.6) is 0 Å². The monoisotopic (exact) mass is 910 g/mol. The molecule has 0 N–H and O–H groups in total. The molecule has 0 aromatic heterocycles. The van der Waals surface area contributed by atoms with Crippen molar-refractivity contribution in [3.63, 3.8) is 0 Å². The van der Waals surface area contributed by atoms with E-state index < -0.39 is 32.5 Å². The van der Waals surface area contributed by atoms with Gasteiger partial charge in [0.2, 0.25) is 0 Å². The molecule has 0 bridgehead atoms. The fourth-order valence-electron chi connectivity index (χ4n) is 5.76. The standard InChI is InChI=1S/C54H88NO8P/c1-6-8-10-12-14-16-18-20-22-23-24-25-26-27-28-29-30-31-33-35-37-39-41-43-45-47-54(57)63-52(51-62-64(58,59)61-49-48-55(3,4)5)50-60-53(56)46-44-42-40-38-36-34-32-21-19-17-15-13-11-9-7-2/h8-11,14-17,20-22,24-25,27-28,30-32,35,37,52H,6-7,12-13,18-19,23,26,29,33-34,36,38-51H2,1-5H3/b10-8-,11-9-,16-14-,17-15-,22-20-,25-24-,28-27-,31-30-,32-21-,37-35-. The Labute approximate surface area is 390 Å². The predicted octanol–water partition coefficient (Wildman–Crippen LogP) is 13.8. The van der Waals surface area contributed by atoms with Gasteiger partial charge in [0.05, 0.1) is 27.7 Å². The van der Waals surface area contributed by atoms with Crippen LogP contribution >= 0.6 is 7.82 Å². The van der Waals surface area contributed by atoms with Crippen LogP contribution in [0.2, 0.25) is 0 Å². The van der Waals surface area contributed by atoms with Gasteiger partial charge in [-0.05, 0) is 103 Å². The van der Waals surface area contributed by atoms with Gasteiger partial charge in [0.25, 0.3) is 7.82 Å². The zero-order valence-corrected chi connectivity index (χ0v) is 41.6. The van der Waals surface area contributed by atoms with Crippen molar-refractivity contribution in [1.29, 1.82) is 0 Å². The van der Waals surface area contributed by atoms with Crippen LogP contribution in [0.4, 0.5) is 0 Å². The van der Waals surface area contributed by atoms with E-state index in [0.717, 1.165) is 116 Å². The number of carbonyl (C=O) groups excluding carboxylic acids is 2. The molecule has 0 aliphatic heterocycles. The number of hydrogen-bond donors (Lipinski definition) is 0. The Morgan fingerprint density at radius 1 is 0.484 bits per heavy atom. The van der Waals surface area contributed by atoms with Crippen molar-refractivity contribution in [3.05, 3.63) is 122 Å². The fourth-order valence-corrected chi connectivity index (χ4v) is 6.49. The van der Waals surface area contributed by atoms with Gasteiger partial charge >= 0.3 is 11.9 Å². The third kappa shape index (κ3) is 47.9. The first-order chi connectivity index (χ1) is 31.0. The smallest absolute Gasteiger partial charge is 0.306 e. The number of unbranched alkanes of at least 4 members (excludes halogenated alkanes) is 8. The molecule has 0 heterocycles. The number of rotatable bonds is 42. The van der Waals surface area contributed by atoms with Gasteiger partial charge in [-0.25, -0.2) is 0 Å². The summed E-state index contributed by atoms with van der Waals surface area (Å²) in [5.74, 6) is -0.906. The number of esters is 2. The first-order valence-corrected chi connectivity index (χ1v) is 25.7. The van der Waals surface area contributed by atoms with E-state index in [-0.39, 0.29) is 26.1 Å². The highest BCUT2D eigenvalue weighted by Gasteiger charge is 2.21. The average Bonchev–Trinajstić information content (AvgIpc) is 3.25. The summed E-state index contributed by atoms with van der Waals surface area (Å²) in [5, 5.41) is 0. The minimum absolute atomic E-state index is 0.0485. The number of ether oxygens (including phenoxy) is 2. The second kappa shape index (κ2) is 44.6. The van der Waals surface area contributed by atoms with Gasteiger partial charge in [-0.1, -0.05) is 161 Å². The highest BCUT2D eigenvalue weighted by molar-refractivity contribution is 7.45. The van der Waals surface area contributed by atoms with Crippen LogP contribution in [0.25, 0.3) is 0 Å². The maximum absolute atomic E-state index is 12.7. The summed E-state index contributed by atoms with van der Waals surface area (Å²) in [6.07, 6.45) is 62.3. The molecule has 9 nitrogen and oxygen atoms in total. The maximum Gasteiger partial charge on any atom is 0.306 e. The zero-order chi connectivity index (χ0) is 47.1. The Morgan fingerprint density at radius 3 is 1.27 bits per heavy atom. The van der Waals surface area contributed by atoms with Crippen molar-refractivity contribution < 1.29 is 42.1 Å². The van der Waals surface area contributed by atoms with Crippen LogP contribution in [0.3, 0.4) is 0 Å². The Hall–Kier alpha value is -3.59. The second-order valence-electron chi connectivity index (χ2n) is 16.7. The van der Waals surface area contributed by atoms with Gasteiger partial charge in [0.1, 0.15) is 19.8 Å². The van der Waals surface area contributed by atoms with E-state index in [9.17, 15) is 19.0 Å². The molecular formula is C54H88NO8P. The van der Waals surface area contributed by atoms with E-state index in [1.165, 1.54) is 0 Å². The van der Waals surface area contributed by atoms with E-state index >= 15 is 0 Å². The highest BCUT2D eigenvalue weighted by Crippen LogP contribution is 2.38. The molecule has 10 heteroatoms. The molecule has 0 saturated carbocycles. The molecule has 0 aromatic carbocycles. The molecule has 64 heavy (non-hydrogen) atoms. The fraction of sp³-hybridized carbons (Fsp3) is 0.593. The summed E-state index contributed by atoms with van der Waals surface area (Å²) >= 11 is 0. The van der Waals surface area contributed by atoms with E-state index in [2.05, 4.69) is 135 Å². The first-order valence-electron chi connectivity index (χ1n) is 24.2. The highest BCUT2D eigenvalue weighted by atomic mass is 31.2. The lowest BCUT2D eigenvalue weighted by Crippen LogP contribution is -2.37. The molecule has 0 aliphatic carbocycles. The topological polar surface area (TPSA) is 111 Å². The minimum atomic E-state index is -4.65. The molecule has 362 valence electrons. The van der Waals surface area contributed by atoms with E-state index in [1.807, 2.05) is 21.1 Å². The quantitative estimate of drug-likeness (QED) is 0.0196. The van der Waals surface area contributed by atoms with Gasteiger partial charge in [0.15, 0.2) is 6.10 Å². The molecule has 0 saturated heterocycles. The molecule has 0 rings (SSSR count). The number of phosphoric ester groups is 1.